The number of guanidine groups is 1. The van der Waals surface area contributed by atoms with Crippen LogP contribution in [0, 0.1) is 0 Å². The summed E-state index contributed by atoms with van der Waals surface area (Å²) in [5.41, 5.74) is 5.93. The average molecular weight is 418 g/mol. The number of likely N-dealkylation sites (tertiary alicyclic amines) is 1. The predicted molar refractivity (Wildman–Crippen MR) is 94.0 cm³/mol. The van der Waals surface area contributed by atoms with Gasteiger partial charge in [0.25, 0.3) is 0 Å². The number of hydrogen-bond acceptors (Lipinski definition) is 3. The minimum atomic E-state index is -3.09. The summed E-state index contributed by atoms with van der Waals surface area (Å²) in [5, 5.41) is 0. The van der Waals surface area contributed by atoms with E-state index in [0.717, 1.165) is 13.1 Å². The van der Waals surface area contributed by atoms with E-state index in [2.05, 4.69) is 9.89 Å². The monoisotopic (exact) mass is 418 g/mol. The van der Waals surface area contributed by atoms with Crippen LogP contribution < -0.4 is 5.73 Å². The van der Waals surface area contributed by atoms with E-state index in [4.69, 9.17) is 5.73 Å². The number of nitrogens with zero attached hydrogens (tertiary/aromatic N) is 3. The topological polar surface area (TPSA) is 79.0 Å². The molecule has 6 nitrogen and oxygen atoms in total. The minimum absolute atomic E-state index is 0. The van der Waals surface area contributed by atoms with Gasteiger partial charge in [-0.3, -0.25) is 4.99 Å². The number of halogens is 1. The highest BCUT2D eigenvalue weighted by molar-refractivity contribution is 14.0. The molecule has 0 bridgehead atoms. The molecule has 1 aliphatic heterocycles. The Labute approximate surface area is 139 Å². The second kappa shape index (κ2) is 9.78. The van der Waals surface area contributed by atoms with Crippen LogP contribution >= 0.6 is 24.0 Å². The van der Waals surface area contributed by atoms with Gasteiger partial charge in [-0.25, -0.2) is 12.7 Å². The Morgan fingerprint density at radius 3 is 2.40 bits per heavy atom. The molecule has 1 aliphatic rings. The lowest BCUT2D eigenvalue weighted by Crippen LogP contribution is -2.41. The summed E-state index contributed by atoms with van der Waals surface area (Å²) in [6.45, 7) is 5.40. The molecule has 0 unspecified atom stereocenters. The molecular weight excluding hydrogens is 391 g/mol. The number of hydrogen-bond donors (Lipinski definition) is 1. The highest BCUT2D eigenvalue weighted by Crippen LogP contribution is 2.08. The van der Waals surface area contributed by atoms with Crippen molar-refractivity contribution in [3.63, 3.8) is 0 Å². The summed E-state index contributed by atoms with van der Waals surface area (Å²) in [5.74, 6) is 0.599. The molecule has 0 aromatic carbocycles. The second-order valence-corrected chi connectivity index (χ2v) is 6.88. The van der Waals surface area contributed by atoms with Crippen LogP contribution in [0.15, 0.2) is 4.99 Å². The van der Waals surface area contributed by atoms with Gasteiger partial charge in [0.2, 0.25) is 10.0 Å². The van der Waals surface area contributed by atoms with E-state index in [1.807, 2.05) is 6.92 Å². The van der Waals surface area contributed by atoms with Crippen LogP contribution in [0.2, 0.25) is 0 Å². The van der Waals surface area contributed by atoms with Gasteiger partial charge in [0.05, 0.1) is 6.26 Å². The van der Waals surface area contributed by atoms with Crippen molar-refractivity contribution in [2.45, 2.75) is 32.6 Å². The molecule has 0 radical (unpaired) electrons. The molecule has 1 heterocycles. The zero-order chi connectivity index (χ0) is 14.3. The lowest BCUT2D eigenvalue weighted by Gasteiger charge is -2.27. The van der Waals surface area contributed by atoms with Crippen LogP contribution in [0.4, 0.5) is 0 Å². The molecule has 8 heteroatoms. The summed E-state index contributed by atoms with van der Waals surface area (Å²) in [4.78, 5) is 6.44. The van der Waals surface area contributed by atoms with Crippen LogP contribution in [0.1, 0.15) is 32.6 Å². The van der Waals surface area contributed by atoms with Crippen LogP contribution in [0.5, 0.6) is 0 Å². The van der Waals surface area contributed by atoms with Gasteiger partial charge in [-0.05, 0) is 25.7 Å². The summed E-state index contributed by atoms with van der Waals surface area (Å²) in [6, 6.07) is 0. The average Bonchev–Trinajstić information content (AvgIpc) is 2.38. The van der Waals surface area contributed by atoms with E-state index in [0.29, 0.717) is 32.0 Å². The van der Waals surface area contributed by atoms with E-state index < -0.39 is 10.0 Å². The third kappa shape index (κ3) is 7.07. The first-order valence-corrected chi connectivity index (χ1v) is 8.80. The first-order chi connectivity index (χ1) is 8.95. The molecule has 1 saturated heterocycles. The highest BCUT2D eigenvalue weighted by Gasteiger charge is 2.14. The van der Waals surface area contributed by atoms with Crippen molar-refractivity contribution in [2.24, 2.45) is 10.7 Å². The standard InChI is InChI=1S/C12H26N4O2S.HI/c1-3-16(19(2,17)18)11-7-8-14-12(13)15-9-5-4-6-10-15;/h3-11H2,1-2H3,(H2,13,14);1H. The molecule has 1 rings (SSSR count). The summed E-state index contributed by atoms with van der Waals surface area (Å²) >= 11 is 0. The van der Waals surface area contributed by atoms with Crippen molar-refractivity contribution in [1.82, 2.24) is 9.21 Å². The molecule has 20 heavy (non-hydrogen) atoms. The fraction of sp³-hybridized carbons (Fsp3) is 0.917. The van der Waals surface area contributed by atoms with Gasteiger partial charge < -0.3 is 10.6 Å². The third-order valence-corrected chi connectivity index (χ3v) is 4.72. The first kappa shape index (κ1) is 19.9. The van der Waals surface area contributed by atoms with Gasteiger partial charge in [0, 0.05) is 32.7 Å². The Kier molecular flexibility index (Phi) is 9.73. The van der Waals surface area contributed by atoms with E-state index in [1.54, 1.807) is 0 Å². The molecule has 0 amide bonds. The Morgan fingerprint density at radius 1 is 1.30 bits per heavy atom. The van der Waals surface area contributed by atoms with Crippen molar-refractivity contribution in [1.29, 1.82) is 0 Å². The summed E-state index contributed by atoms with van der Waals surface area (Å²) in [7, 11) is -3.09. The van der Waals surface area contributed by atoms with Gasteiger partial charge >= 0.3 is 0 Å². The zero-order valence-corrected chi connectivity index (χ0v) is 15.6. The molecule has 0 spiro atoms. The van der Waals surface area contributed by atoms with E-state index in [-0.39, 0.29) is 24.0 Å². The number of sulfonamides is 1. The van der Waals surface area contributed by atoms with Crippen molar-refractivity contribution in [3.05, 3.63) is 0 Å². The quantitative estimate of drug-likeness (QED) is 0.303. The number of piperidine rings is 1. The van der Waals surface area contributed by atoms with Crippen LogP contribution in [-0.4, -0.2) is 62.6 Å². The fourth-order valence-electron chi connectivity index (χ4n) is 2.22. The summed E-state index contributed by atoms with van der Waals surface area (Å²) < 4.78 is 24.2. The van der Waals surface area contributed by atoms with E-state index >= 15 is 0 Å². The Balaban J connectivity index is 0.00000361. The zero-order valence-electron chi connectivity index (χ0n) is 12.4. The van der Waals surface area contributed by atoms with Crippen LogP contribution in [0.25, 0.3) is 0 Å². The summed E-state index contributed by atoms with van der Waals surface area (Å²) in [6.07, 6.45) is 5.56. The van der Waals surface area contributed by atoms with E-state index in [9.17, 15) is 8.42 Å². The molecule has 0 saturated carbocycles. The Bertz CT molecular complexity index is 394. The molecule has 120 valence electrons. The smallest absolute Gasteiger partial charge is 0.211 e. The number of nitrogens with two attached hydrogens (primary N) is 1. The van der Waals surface area contributed by atoms with Crippen molar-refractivity contribution < 1.29 is 8.42 Å². The van der Waals surface area contributed by atoms with E-state index in [1.165, 1.54) is 29.8 Å². The van der Waals surface area contributed by atoms with Crippen LogP contribution in [-0.2, 0) is 10.0 Å². The van der Waals surface area contributed by atoms with Gasteiger partial charge in [0.1, 0.15) is 0 Å². The molecule has 0 aromatic rings. The number of aliphatic imine (C=N–C) groups is 1. The lowest BCUT2D eigenvalue weighted by molar-refractivity contribution is 0.337. The molecule has 0 aromatic heterocycles. The molecule has 0 atom stereocenters. The fourth-order valence-corrected chi connectivity index (χ4v) is 3.15. The van der Waals surface area contributed by atoms with Gasteiger partial charge in [-0.15, -0.1) is 24.0 Å². The van der Waals surface area contributed by atoms with Gasteiger partial charge in [-0.2, -0.15) is 0 Å². The van der Waals surface area contributed by atoms with Crippen molar-refractivity contribution >= 4 is 40.0 Å². The minimum Gasteiger partial charge on any atom is -0.370 e. The second-order valence-electron chi connectivity index (χ2n) is 4.90. The maximum atomic E-state index is 11.4. The predicted octanol–water partition coefficient (Wildman–Crippen LogP) is 1.08. The highest BCUT2D eigenvalue weighted by atomic mass is 127. The SMILES string of the molecule is CCN(CCCN=C(N)N1CCCCC1)S(C)(=O)=O.I. The van der Waals surface area contributed by atoms with Gasteiger partial charge in [0.15, 0.2) is 5.96 Å². The maximum absolute atomic E-state index is 11.4. The van der Waals surface area contributed by atoms with Crippen LogP contribution in [0.3, 0.4) is 0 Å². The van der Waals surface area contributed by atoms with Crippen molar-refractivity contribution in [2.75, 3.05) is 39.0 Å². The molecule has 0 aliphatic carbocycles. The largest absolute Gasteiger partial charge is 0.370 e. The molecule has 1 fully saturated rings. The number of rotatable bonds is 6. The Hall–Kier alpha value is -0.0900. The van der Waals surface area contributed by atoms with Crippen molar-refractivity contribution in [3.8, 4) is 0 Å². The maximum Gasteiger partial charge on any atom is 0.211 e. The van der Waals surface area contributed by atoms with Gasteiger partial charge in [-0.1, -0.05) is 6.92 Å². The lowest BCUT2D eigenvalue weighted by atomic mass is 10.1. The first-order valence-electron chi connectivity index (χ1n) is 6.95. The third-order valence-electron chi connectivity index (χ3n) is 3.34. The Morgan fingerprint density at radius 2 is 1.90 bits per heavy atom. The normalized spacial score (nSPS) is 17.1. The molecular formula is C12H27IN4O2S. The molecule has 2 N–H and O–H groups in total.